The zero-order valence-corrected chi connectivity index (χ0v) is 30.9. The van der Waals surface area contributed by atoms with Crippen LogP contribution in [-0.4, -0.2) is 88.9 Å². The number of carbonyl (C=O) groups excluding carboxylic acids is 1. The summed E-state index contributed by atoms with van der Waals surface area (Å²) in [4.78, 5) is 46.2. The number of nitrogens with zero attached hydrogens (tertiary/aromatic N) is 7. The maximum absolute atomic E-state index is 14.5. The summed E-state index contributed by atoms with van der Waals surface area (Å²) in [6.07, 6.45) is 14.7. The van der Waals surface area contributed by atoms with Crippen molar-refractivity contribution in [2.45, 2.75) is 57.5 Å². The monoisotopic (exact) mass is 774 g/mol. The molecule has 9 rings (SSSR count). The van der Waals surface area contributed by atoms with Crippen molar-refractivity contribution in [3.63, 3.8) is 0 Å². The number of fused-ring (bicyclic) bond motifs is 2. The third-order valence-corrected chi connectivity index (χ3v) is 10.6. The number of hydrogen-bond acceptors (Lipinski definition) is 10. The average Bonchev–Trinajstić information content (AvgIpc) is 3.59. The Kier molecular flexibility index (Phi) is 10.0. The Morgan fingerprint density at radius 3 is 1.91 bits per heavy atom. The number of pyridine rings is 2. The van der Waals surface area contributed by atoms with Gasteiger partial charge in [0.05, 0.1) is 22.4 Å². The first-order valence-corrected chi connectivity index (χ1v) is 18.7. The smallest absolute Gasteiger partial charge is 0.228 e. The van der Waals surface area contributed by atoms with Gasteiger partial charge in [0.2, 0.25) is 5.91 Å². The lowest BCUT2D eigenvalue weighted by molar-refractivity contribution is -0.137. The Bertz CT molecular complexity index is 2320. The fourth-order valence-corrected chi connectivity index (χ4v) is 7.26. The van der Waals surface area contributed by atoms with Crippen LogP contribution in [0, 0.1) is 17.0 Å². The molecule has 8 heterocycles. The van der Waals surface area contributed by atoms with Gasteiger partial charge in [-0.05, 0) is 57.2 Å². The molecular weight excluding hydrogens is 737 g/mol. The Balaban J connectivity index is 0.000000157. The summed E-state index contributed by atoms with van der Waals surface area (Å²) >= 11 is 12.1. The molecule has 54 heavy (non-hydrogen) atoms. The van der Waals surface area contributed by atoms with Gasteiger partial charge in [-0.25, -0.2) is 38.7 Å². The lowest BCUT2D eigenvalue weighted by Gasteiger charge is -2.35. The fraction of sp³-hybridized carbons (Fsp3) is 0.378. The molecule has 0 bridgehead atoms. The number of H-pyrrole nitrogens is 2. The highest BCUT2D eigenvalue weighted by Gasteiger charge is 2.47. The second-order valence-corrected chi connectivity index (χ2v) is 15.1. The molecule has 13 nitrogen and oxygen atoms in total. The van der Waals surface area contributed by atoms with Gasteiger partial charge in [0, 0.05) is 83.8 Å². The highest BCUT2D eigenvalue weighted by atomic mass is 35.5. The molecule has 1 saturated carbocycles. The topological polar surface area (TPSA) is 165 Å². The first-order valence-electron chi connectivity index (χ1n) is 18.0. The van der Waals surface area contributed by atoms with Crippen molar-refractivity contribution >= 4 is 62.8 Å². The second-order valence-electron chi connectivity index (χ2n) is 14.3. The van der Waals surface area contributed by atoms with Crippen LogP contribution in [0.15, 0.2) is 49.3 Å². The van der Waals surface area contributed by atoms with Crippen LogP contribution in [0.5, 0.6) is 0 Å². The second kappa shape index (κ2) is 15.0. The Labute approximate surface area is 319 Å². The Hall–Kier alpha value is -4.99. The average molecular weight is 776 g/mol. The van der Waals surface area contributed by atoms with Crippen molar-refractivity contribution in [1.82, 2.24) is 50.1 Å². The minimum absolute atomic E-state index is 0.0543. The summed E-state index contributed by atoms with van der Waals surface area (Å²) in [5.74, 6) is 0.398. The van der Waals surface area contributed by atoms with Gasteiger partial charge in [-0.3, -0.25) is 4.79 Å². The van der Waals surface area contributed by atoms with Crippen molar-refractivity contribution in [3.8, 4) is 22.8 Å². The number of hydrogen-bond donors (Lipinski definition) is 5. The molecule has 0 aromatic carbocycles. The quantitative estimate of drug-likeness (QED) is 0.114. The van der Waals surface area contributed by atoms with E-state index in [1.54, 1.807) is 36.9 Å². The third-order valence-electron chi connectivity index (χ3n) is 10.2. The van der Waals surface area contributed by atoms with Gasteiger partial charge in [0.1, 0.15) is 11.3 Å². The van der Waals surface area contributed by atoms with E-state index >= 15 is 0 Å². The molecule has 6 aromatic heterocycles. The van der Waals surface area contributed by atoms with Crippen LogP contribution in [0.1, 0.15) is 45.4 Å². The van der Waals surface area contributed by atoms with Gasteiger partial charge in [0.15, 0.2) is 34.9 Å². The Morgan fingerprint density at radius 1 is 0.815 bits per heavy atom. The van der Waals surface area contributed by atoms with Gasteiger partial charge in [-0.15, -0.1) is 0 Å². The van der Waals surface area contributed by atoms with Crippen LogP contribution in [0.25, 0.3) is 44.8 Å². The fourth-order valence-electron chi connectivity index (χ4n) is 6.95. The molecule has 0 unspecified atom stereocenters. The van der Waals surface area contributed by atoms with E-state index in [0.717, 1.165) is 74.5 Å². The van der Waals surface area contributed by atoms with E-state index in [-0.39, 0.29) is 35.0 Å². The van der Waals surface area contributed by atoms with Gasteiger partial charge in [-0.2, -0.15) is 0 Å². The van der Waals surface area contributed by atoms with E-state index < -0.39 is 11.6 Å². The first kappa shape index (κ1) is 36.0. The van der Waals surface area contributed by atoms with E-state index in [0.29, 0.717) is 45.1 Å². The van der Waals surface area contributed by atoms with Gasteiger partial charge < -0.3 is 30.8 Å². The highest BCUT2D eigenvalue weighted by Crippen LogP contribution is 2.47. The van der Waals surface area contributed by atoms with Crippen molar-refractivity contribution < 1.29 is 13.6 Å². The molecule has 3 fully saturated rings. The first-order chi connectivity index (χ1) is 26.1. The normalized spacial score (nSPS) is 19.3. The number of halogens is 4. The van der Waals surface area contributed by atoms with E-state index in [9.17, 15) is 13.6 Å². The number of likely N-dealkylation sites (tertiary alicyclic amines) is 1. The number of rotatable bonds is 7. The van der Waals surface area contributed by atoms with E-state index in [2.05, 4.69) is 55.8 Å². The highest BCUT2D eigenvalue weighted by molar-refractivity contribution is 6.31. The summed E-state index contributed by atoms with van der Waals surface area (Å²) in [5, 5.41) is 12.3. The molecule has 5 N–H and O–H groups in total. The van der Waals surface area contributed by atoms with E-state index in [1.165, 1.54) is 12.4 Å². The summed E-state index contributed by atoms with van der Waals surface area (Å²) < 4.78 is 28.6. The minimum atomic E-state index is -0.521. The van der Waals surface area contributed by atoms with Crippen LogP contribution >= 0.6 is 23.2 Å². The van der Waals surface area contributed by atoms with Crippen molar-refractivity contribution in [3.05, 3.63) is 71.0 Å². The Morgan fingerprint density at radius 2 is 1.37 bits per heavy atom. The number of nitrogens with one attached hydrogen (secondary N) is 5. The summed E-state index contributed by atoms with van der Waals surface area (Å²) in [6, 6.07) is 3.68. The number of piperidine rings is 2. The standard InChI is InChI=1S/C21H22ClFN6O.C16H16ClFN6/c1-21(4-5-21)20(30)29-6-2-3-13(11-29)27-19-16(23)10-26-18(28-19)15-9-25-17-14(15)7-12(22)8-24-17;17-9-4-11-12(7-21-14(11)20-5-9)15-22-8-13(18)16(24-15)23-10-2-1-3-19-6-10/h7-10,13H,2-6,11H2,1H3,(H,24,25)(H,26,27,28);4-5,7-8,10,19H,1-3,6H2,(H,20,21)(H,22,23,24)/t13-;10-/m00/s1. The van der Waals surface area contributed by atoms with Crippen LogP contribution in [0.4, 0.5) is 20.4 Å². The van der Waals surface area contributed by atoms with Crippen LogP contribution < -0.4 is 16.0 Å². The van der Waals surface area contributed by atoms with Gasteiger partial charge in [0.25, 0.3) is 0 Å². The molecule has 1 aliphatic carbocycles. The number of aromatic amines is 2. The largest absolute Gasteiger partial charge is 0.364 e. The predicted molar refractivity (Wildman–Crippen MR) is 204 cm³/mol. The number of aromatic nitrogens is 8. The summed E-state index contributed by atoms with van der Waals surface area (Å²) in [7, 11) is 0. The number of amides is 1. The molecule has 2 saturated heterocycles. The van der Waals surface area contributed by atoms with E-state index in [4.69, 9.17) is 23.2 Å². The molecule has 2 aliphatic heterocycles. The van der Waals surface area contributed by atoms with Crippen molar-refractivity contribution in [2.75, 3.05) is 36.8 Å². The molecule has 0 spiro atoms. The molecule has 1 amide bonds. The molecule has 17 heteroatoms. The third kappa shape index (κ3) is 7.66. The lowest BCUT2D eigenvalue weighted by atomic mass is 10.0. The van der Waals surface area contributed by atoms with Crippen LogP contribution in [0.2, 0.25) is 10.0 Å². The minimum Gasteiger partial charge on any atom is -0.364 e. The van der Waals surface area contributed by atoms with Crippen molar-refractivity contribution in [2.24, 2.45) is 5.41 Å². The molecular formula is C37H38Cl2F2N12O. The van der Waals surface area contributed by atoms with Crippen LogP contribution in [-0.2, 0) is 4.79 Å². The zero-order chi connectivity index (χ0) is 37.4. The summed E-state index contributed by atoms with van der Waals surface area (Å²) in [5.41, 5.74) is 2.59. The predicted octanol–water partition coefficient (Wildman–Crippen LogP) is 6.99. The zero-order valence-electron chi connectivity index (χ0n) is 29.4. The molecule has 6 aromatic rings. The van der Waals surface area contributed by atoms with E-state index in [1.807, 2.05) is 11.8 Å². The maximum Gasteiger partial charge on any atom is 0.228 e. The lowest BCUT2D eigenvalue weighted by Crippen LogP contribution is -2.47. The maximum atomic E-state index is 14.5. The molecule has 0 radical (unpaired) electrons. The van der Waals surface area contributed by atoms with Gasteiger partial charge >= 0.3 is 0 Å². The van der Waals surface area contributed by atoms with Crippen LogP contribution in [0.3, 0.4) is 0 Å². The number of anilines is 2. The summed E-state index contributed by atoms with van der Waals surface area (Å²) in [6.45, 7) is 5.13. The number of carbonyl (C=O) groups is 1. The van der Waals surface area contributed by atoms with Gasteiger partial charge in [-0.1, -0.05) is 30.1 Å². The molecule has 2 atom stereocenters. The SMILES string of the molecule is CC1(C(=O)N2CCC[C@H](Nc3nc(-c4c[nH]c5ncc(Cl)cc45)ncc3F)C2)CC1.Fc1cnc(-c2c[nH]c3ncc(Cl)cc23)nc1N[C@H]1CCCNC1. The molecule has 3 aliphatic rings. The molecule has 280 valence electrons. The van der Waals surface area contributed by atoms with Crippen molar-refractivity contribution in [1.29, 1.82) is 0 Å².